The Bertz CT molecular complexity index is 1360. The smallest absolute Gasteiger partial charge is 0.266 e. The van der Waals surface area contributed by atoms with Crippen LogP contribution in [0, 0.1) is 5.82 Å². The highest BCUT2D eigenvalue weighted by atomic mass is 35.5. The molecule has 0 spiro atoms. The molecule has 162 valence electrons. The van der Waals surface area contributed by atoms with Crippen LogP contribution in [0.5, 0.6) is 0 Å². The fraction of sp³-hybridized carbons (Fsp3) is 0.125. The van der Waals surface area contributed by atoms with E-state index in [4.69, 9.17) is 11.6 Å². The van der Waals surface area contributed by atoms with Gasteiger partial charge in [0.2, 0.25) is 5.91 Å². The maximum Gasteiger partial charge on any atom is 0.266 e. The fourth-order valence-electron chi connectivity index (χ4n) is 3.30. The van der Waals surface area contributed by atoms with Crippen molar-refractivity contribution in [3.05, 3.63) is 94.0 Å². The number of hydrogen-bond donors (Lipinski definition) is 0. The summed E-state index contributed by atoms with van der Waals surface area (Å²) >= 11 is 7.13. The standard InChI is InChI=1S/C24H19ClFN3O2S/c1-15(22(30)28(2)16-8-4-3-5-9-16)32-24-27-21-11-7-6-10-18(21)23(31)29(24)17-12-13-20(26)19(25)14-17/h3-15H,1-2H3/t15-/m1/s1. The molecule has 5 nitrogen and oxygen atoms in total. The first kappa shape index (κ1) is 22.0. The average molecular weight is 468 g/mol. The lowest BCUT2D eigenvalue weighted by atomic mass is 10.2. The van der Waals surface area contributed by atoms with E-state index in [1.165, 1.54) is 22.8 Å². The predicted molar refractivity (Wildman–Crippen MR) is 127 cm³/mol. The van der Waals surface area contributed by atoms with E-state index < -0.39 is 11.1 Å². The number of benzene rings is 3. The van der Waals surface area contributed by atoms with E-state index in [9.17, 15) is 14.0 Å². The van der Waals surface area contributed by atoms with Crippen molar-refractivity contribution >= 4 is 45.9 Å². The predicted octanol–water partition coefficient (Wildman–Crippen LogP) is 5.32. The second kappa shape index (κ2) is 9.14. The Morgan fingerprint density at radius 3 is 2.50 bits per heavy atom. The molecule has 0 aliphatic heterocycles. The summed E-state index contributed by atoms with van der Waals surface area (Å²) in [5, 5.41) is 0.0817. The van der Waals surface area contributed by atoms with Gasteiger partial charge in [-0.1, -0.05) is 53.7 Å². The zero-order valence-electron chi connectivity index (χ0n) is 17.3. The number of carbonyl (C=O) groups excluding carboxylic acids is 1. The van der Waals surface area contributed by atoms with Gasteiger partial charge in [-0.25, -0.2) is 9.37 Å². The third-order valence-electron chi connectivity index (χ3n) is 5.01. The summed E-state index contributed by atoms with van der Waals surface area (Å²) in [7, 11) is 1.70. The Labute approximate surface area is 193 Å². The number of fused-ring (bicyclic) bond motifs is 1. The van der Waals surface area contributed by atoms with E-state index in [0.29, 0.717) is 21.7 Å². The molecule has 1 heterocycles. The first-order valence-electron chi connectivity index (χ1n) is 9.83. The van der Waals surface area contributed by atoms with Crippen molar-refractivity contribution in [2.45, 2.75) is 17.3 Å². The number of thioether (sulfide) groups is 1. The Balaban J connectivity index is 1.78. The lowest BCUT2D eigenvalue weighted by molar-refractivity contribution is -0.117. The number of amides is 1. The number of carbonyl (C=O) groups is 1. The van der Waals surface area contributed by atoms with E-state index in [1.807, 2.05) is 30.3 Å². The van der Waals surface area contributed by atoms with Gasteiger partial charge in [-0.2, -0.15) is 0 Å². The van der Waals surface area contributed by atoms with Crippen molar-refractivity contribution in [2.75, 3.05) is 11.9 Å². The topological polar surface area (TPSA) is 55.2 Å². The third-order valence-corrected chi connectivity index (χ3v) is 6.34. The SMILES string of the molecule is C[C@@H](Sc1nc2ccccc2c(=O)n1-c1ccc(F)c(Cl)c1)C(=O)N(C)c1ccccc1. The highest BCUT2D eigenvalue weighted by Crippen LogP contribution is 2.28. The van der Waals surface area contributed by atoms with Crippen LogP contribution in [-0.4, -0.2) is 27.8 Å². The number of hydrogen-bond acceptors (Lipinski definition) is 4. The molecule has 4 rings (SSSR count). The molecule has 3 aromatic carbocycles. The van der Waals surface area contributed by atoms with Gasteiger partial charge in [0.1, 0.15) is 5.82 Å². The summed E-state index contributed by atoms with van der Waals surface area (Å²) in [5.41, 5.74) is 1.33. The maximum atomic E-state index is 13.7. The molecule has 0 N–H and O–H groups in total. The minimum absolute atomic E-state index is 0.105. The number of rotatable bonds is 5. The van der Waals surface area contributed by atoms with Crippen molar-refractivity contribution in [2.24, 2.45) is 0 Å². The first-order chi connectivity index (χ1) is 15.4. The van der Waals surface area contributed by atoms with Crippen LogP contribution in [0.25, 0.3) is 16.6 Å². The minimum atomic E-state index is -0.584. The molecule has 1 atom stereocenters. The van der Waals surface area contributed by atoms with Gasteiger partial charge >= 0.3 is 0 Å². The Hall–Kier alpha value is -3.16. The van der Waals surface area contributed by atoms with Crippen LogP contribution in [0.1, 0.15) is 6.92 Å². The molecule has 0 fully saturated rings. The van der Waals surface area contributed by atoms with E-state index in [2.05, 4.69) is 4.98 Å². The van der Waals surface area contributed by atoms with Gasteiger partial charge in [-0.15, -0.1) is 0 Å². The summed E-state index contributed by atoms with van der Waals surface area (Å²) in [5.74, 6) is -0.730. The van der Waals surface area contributed by atoms with Crippen molar-refractivity contribution in [1.82, 2.24) is 9.55 Å². The molecular weight excluding hydrogens is 449 g/mol. The molecule has 0 unspecified atom stereocenters. The maximum absolute atomic E-state index is 13.7. The number of anilines is 1. The van der Waals surface area contributed by atoms with Gasteiger partial charge < -0.3 is 4.90 Å². The molecule has 0 saturated carbocycles. The summed E-state index contributed by atoms with van der Waals surface area (Å²) in [4.78, 5) is 32.6. The highest BCUT2D eigenvalue weighted by molar-refractivity contribution is 8.00. The summed E-state index contributed by atoms with van der Waals surface area (Å²) in [6.07, 6.45) is 0. The van der Waals surface area contributed by atoms with Crippen LogP contribution in [0.3, 0.4) is 0 Å². The van der Waals surface area contributed by atoms with E-state index in [-0.39, 0.29) is 16.5 Å². The Kier molecular flexibility index (Phi) is 6.30. The number of halogens is 2. The molecule has 0 radical (unpaired) electrons. The molecule has 0 aliphatic rings. The van der Waals surface area contributed by atoms with Crippen molar-refractivity contribution in [3.63, 3.8) is 0 Å². The van der Waals surface area contributed by atoms with Gasteiger partial charge in [0.15, 0.2) is 5.16 Å². The second-order valence-electron chi connectivity index (χ2n) is 7.14. The minimum Gasteiger partial charge on any atom is -0.315 e. The largest absolute Gasteiger partial charge is 0.315 e. The van der Waals surface area contributed by atoms with Crippen LogP contribution < -0.4 is 10.5 Å². The third kappa shape index (κ3) is 4.26. The molecule has 0 saturated heterocycles. The van der Waals surface area contributed by atoms with Crippen molar-refractivity contribution in [3.8, 4) is 5.69 Å². The summed E-state index contributed by atoms with van der Waals surface area (Å²) < 4.78 is 15.1. The highest BCUT2D eigenvalue weighted by Gasteiger charge is 2.23. The summed E-state index contributed by atoms with van der Waals surface area (Å²) in [6, 6.07) is 20.3. The van der Waals surface area contributed by atoms with Gasteiger partial charge in [0, 0.05) is 12.7 Å². The number of aromatic nitrogens is 2. The molecule has 1 amide bonds. The fourth-order valence-corrected chi connectivity index (χ4v) is 4.50. The summed E-state index contributed by atoms with van der Waals surface area (Å²) in [6.45, 7) is 1.76. The zero-order valence-corrected chi connectivity index (χ0v) is 18.9. The molecule has 4 aromatic rings. The van der Waals surface area contributed by atoms with Crippen LogP contribution in [-0.2, 0) is 4.79 Å². The average Bonchev–Trinajstić information content (AvgIpc) is 2.81. The van der Waals surface area contributed by atoms with Crippen LogP contribution in [0.15, 0.2) is 82.7 Å². The molecular formula is C24H19ClFN3O2S. The van der Waals surface area contributed by atoms with E-state index in [1.54, 1.807) is 43.1 Å². The van der Waals surface area contributed by atoms with E-state index >= 15 is 0 Å². The van der Waals surface area contributed by atoms with Crippen molar-refractivity contribution < 1.29 is 9.18 Å². The number of para-hydroxylation sites is 2. The Morgan fingerprint density at radius 2 is 1.78 bits per heavy atom. The van der Waals surface area contributed by atoms with Gasteiger partial charge in [-0.3, -0.25) is 14.2 Å². The van der Waals surface area contributed by atoms with Gasteiger partial charge in [0.05, 0.1) is 26.9 Å². The normalized spacial score (nSPS) is 12.0. The lowest BCUT2D eigenvalue weighted by Crippen LogP contribution is -2.33. The quantitative estimate of drug-likeness (QED) is 0.294. The van der Waals surface area contributed by atoms with Crippen LogP contribution in [0.2, 0.25) is 5.02 Å². The van der Waals surface area contributed by atoms with Gasteiger partial charge in [-0.05, 0) is 49.4 Å². The number of nitrogens with zero attached hydrogens (tertiary/aromatic N) is 3. The van der Waals surface area contributed by atoms with Crippen molar-refractivity contribution in [1.29, 1.82) is 0 Å². The molecule has 0 bridgehead atoms. The monoisotopic (exact) mass is 467 g/mol. The molecule has 32 heavy (non-hydrogen) atoms. The Morgan fingerprint density at radius 1 is 1.09 bits per heavy atom. The first-order valence-corrected chi connectivity index (χ1v) is 11.1. The molecule has 0 aliphatic carbocycles. The molecule has 1 aromatic heterocycles. The zero-order chi connectivity index (χ0) is 22.8. The van der Waals surface area contributed by atoms with Gasteiger partial charge in [0.25, 0.3) is 5.56 Å². The van der Waals surface area contributed by atoms with Crippen LogP contribution in [0.4, 0.5) is 10.1 Å². The lowest BCUT2D eigenvalue weighted by Gasteiger charge is -2.22. The molecule has 8 heteroatoms. The van der Waals surface area contributed by atoms with E-state index in [0.717, 1.165) is 17.4 Å². The van der Waals surface area contributed by atoms with Crippen LogP contribution >= 0.6 is 23.4 Å². The second-order valence-corrected chi connectivity index (χ2v) is 8.86.